The maximum absolute atomic E-state index is 6.80. The molecule has 33 heavy (non-hydrogen) atoms. The maximum atomic E-state index is 6.80. The fourth-order valence-electron chi connectivity index (χ4n) is 6.74. The van der Waals surface area contributed by atoms with Crippen LogP contribution >= 0.6 is 11.6 Å². The summed E-state index contributed by atoms with van der Waals surface area (Å²) in [5, 5.41) is 11.3. The maximum Gasteiger partial charge on any atom is 0.103 e. The highest BCUT2D eigenvalue weighted by molar-refractivity contribution is 6.34. The van der Waals surface area contributed by atoms with Crippen molar-refractivity contribution in [2.45, 2.75) is 56.7 Å². The molecule has 2 atom stereocenters. The Morgan fingerprint density at radius 3 is 2.67 bits per heavy atom. The predicted octanol–water partition coefficient (Wildman–Crippen LogP) is 4.07. The summed E-state index contributed by atoms with van der Waals surface area (Å²) in [6.45, 7) is 9.30. The largest absolute Gasteiger partial charge is 0.379 e. The summed E-state index contributed by atoms with van der Waals surface area (Å²) in [5.74, 6) is 0.930. The number of anilines is 1. The first-order chi connectivity index (χ1) is 15.9. The molecule has 2 aliphatic heterocycles. The molecule has 1 aromatic carbocycles. The number of nitrogens with zero attached hydrogens (tertiary/aromatic N) is 6. The molecule has 8 heteroatoms. The van der Waals surface area contributed by atoms with Crippen LogP contribution in [-0.2, 0) is 10.3 Å². The highest BCUT2D eigenvalue weighted by Gasteiger charge is 2.58. The van der Waals surface area contributed by atoms with Crippen molar-refractivity contribution in [1.29, 1.82) is 0 Å². The number of aromatic nitrogens is 4. The second-order valence-electron chi connectivity index (χ2n) is 11.1. The summed E-state index contributed by atoms with van der Waals surface area (Å²) in [7, 11) is 0. The summed E-state index contributed by atoms with van der Waals surface area (Å²) >= 11 is 6.80. The Morgan fingerprint density at radius 2 is 1.97 bits per heavy atom. The van der Waals surface area contributed by atoms with Crippen molar-refractivity contribution in [1.82, 2.24) is 24.5 Å². The average molecular weight is 467 g/mol. The van der Waals surface area contributed by atoms with E-state index in [2.05, 4.69) is 46.7 Å². The van der Waals surface area contributed by atoms with E-state index in [0.717, 1.165) is 72.5 Å². The van der Waals surface area contributed by atoms with Gasteiger partial charge in [-0.15, -0.1) is 0 Å². The first kappa shape index (κ1) is 20.3. The molecule has 2 bridgehead atoms. The molecule has 0 radical (unpaired) electrons. The fourth-order valence-corrected chi connectivity index (χ4v) is 7.03. The van der Waals surface area contributed by atoms with Gasteiger partial charge in [0.05, 0.1) is 47.0 Å². The molecule has 8 rings (SSSR count). The minimum atomic E-state index is 0.151. The van der Waals surface area contributed by atoms with E-state index >= 15 is 0 Å². The van der Waals surface area contributed by atoms with Crippen molar-refractivity contribution in [2.75, 3.05) is 37.7 Å². The monoisotopic (exact) mass is 466 g/mol. The van der Waals surface area contributed by atoms with E-state index in [1.54, 1.807) is 0 Å². The van der Waals surface area contributed by atoms with Gasteiger partial charge in [-0.25, -0.2) is 4.68 Å². The molecule has 5 aliphatic rings. The zero-order valence-corrected chi connectivity index (χ0v) is 20.1. The molecule has 0 spiro atoms. The van der Waals surface area contributed by atoms with E-state index in [9.17, 15) is 0 Å². The Morgan fingerprint density at radius 1 is 1.12 bits per heavy atom. The molecule has 2 aromatic heterocycles. The van der Waals surface area contributed by atoms with Gasteiger partial charge >= 0.3 is 0 Å². The first-order valence-corrected chi connectivity index (χ1v) is 12.6. The topological polar surface area (TPSA) is 51.4 Å². The highest BCUT2D eigenvalue weighted by atomic mass is 35.5. The van der Waals surface area contributed by atoms with E-state index < -0.39 is 0 Å². The van der Waals surface area contributed by atoms with Crippen molar-refractivity contribution >= 4 is 28.2 Å². The highest BCUT2D eigenvalue weighted by Crippen LogP contribution is 2.62. The second kappa shape index (κ2) is 6.96. The molecule has 5 fully saturated rings. The smallest absolute Gasteiger partial charge is 0.103 e. The minimum Gasteiger partial charge on any atom is -0.379 e. The van der Waals surface area contributed by atoms with Gasteiger partial charge in [-0.1, -0.05) is 11.6 Å². The quantitative estimate of drug-likeness (QED) is 0.580. The number of fused-ring (bicyclic) bond motifs is 1. The van der Waals surface area contributed by atoms with E-state index in [-0.39, 0.29) is 11.1 Å². The van der Waals surface area contributed by atoms with Crippen molar-refractivity contribution in [3.63, 3.8) is 0 Å². The van der Waals surface area contributed by atoms with Crippen LogP contribution in [0.3, 0.4) is 0 Å². The van der Waals surface area contributed by atoms with Gasteiger partial charge in [0.1, 0.15) is 5.69 Å². The fraction of sp³-hybridized carbons (Fsp3) is 0.600. The Hall–Kier alpha value is -2.09. The molecular formula is C25H31ClN6O. The second-order valence-corrected chi connectivity index (χ2v) is 11.5. The van der Waals surface area contributed by atoms with Crippen LogP contribution in [0.15, 0.2) is 30.7 Å². The SMILES string of the molecule is CC1CN(c2cc3c(cnn3-c3cnn(C45CC(C4)C5)c3)cc2Cl)CCN1[C@]1(C)CCOC1. The van der Waals surface area contributed by atoms with Gasteiger partial charge in [-0.3, -0.25) is 9.58 Å². The van der Waals surface area contributed by atoms with Crippen molar-refractivity contribution in [3.8, 4) is 5.69 Å². The van der Waals surface area contributed by atoms with Crippen LogP contribution in [0.25, 0.3) is 16.6 Å². The number of ether oxygens (including phenoxy) is 1. The van der Waals surface area contributed by atoms with E-state index in [1.165, 1.54) is 19.3 Å². The minimum absolute atomic E-state index is 0.151. The van der Waals surface area contributed by atoms with Gasteiger partial charge in [0.25, 0.3) is 0 Å². The Kier molecular flexibility index (Phi) is 4.28. The summed E-state index contributed by atoms with van der Waals surface area (Å²) < 4.78 is 9.93. The zero-order chi connectivity index (χ0) is 22.4. The van der Waals surface area contributed by atoms with E-state index in [4.69, 9.17) is 26.5 Å². The molecule has 3 aliphatic carbocycles. The summed E-state index contributed by atoms with van der Waals surface area (Å²) in [5.41, 5.74) is 3.64. The van der Waals surface area contributed by atoms with Crippen LogP contribution in [-0.4, -0.2) is 68.9 Å². The number of rotatable bonds is 4. The molecule has 4 heterocycles. The van der Waals surface area contributed by atoms with E-state index in [1.807, 2.05) is 17.1 Å². The van der Waals surface area contributed by atoms with Crippen molar-refractivity contribution in [2.24, 2.45) is 5.92 Å². The van der Waals surface area contributed by atoms with Crippen LogP contribution in [0, 0.1) is 5.92 Å². The Bertz CT molecular complexity index is 1210. The standard InChI is InChI=1S/C25H31ClN6O/c1-17-14-29(4-5-30(17)24(2)3-6-33-16-24)23-8-22-19(7-21(23)26)12-28-32(22)20-13-27-31(15-20)25-9-18(10-25)11-25/h7-8,12-13,15,17-18H,3-6,9-11,14,16H2,1-2H3/t17?,18?,24-,25?/m1/s1. The molecule has 3 saturated carbocycles. The number of piperazine rings is 1. The van der Waals surface area contributed by atoms with Gasteiger partial charge in [-0.2, -0.15) is 10.2 Å². The normalized spacial score (nSPS) is 34.0. The lowest BCUT2D eigenvalue weighted by Crippen LogP contribution is -2.60. The lowest BCUT2D eigenvalue weighted by molar-refractivity contribution is -0.0977. The molecule has 0 N–H and O–H groups in total. The van der Waals surface area contributed by atoms with Gasteiger partial charge in [0.2, 0.25) is 0 Å². The summed E-state index contributed by atoms with van der Waals surface area (Å²) in [6.07, 6.45) is 11.0. The third kappa shape index (κ3) is 2.95. The summed E-state index contributed by atoms with van der Waals surface area (Å²) in [4.78, 5) is 5.07. The van der Waals surface area contributed by atoms with Crippen LogP contribution in [0.5, 0.6) is 0 Å². The summed E-state index contributed by atoms with van der Waals surface area (Å²) in [6, 6.07) is 4.71. The lowest BCUT2D eigenvalue weighted by Gasteiger charge is -2.61. The molecular weight excluding hydrogens is 436 g/mol. The number of hydrogen-bond donors (Lipinski definition) is 0. The first-order valence-electron chi connectivity index (χ1n) is 12.3. The third-order valence-electron chi connectivity index (χ3n) is 8.80. The van der Waals surface area contributed by atoms with Crippen LogP contribution < -0.4 is 4.90 Å². The van der Waals surface area contributed by atoms with Gasteiger partial charge in [0.15, 0.2) is 0 Å². The van der Waals surface area contributed by atoms with Crippen LogP contribution in [0.4, 0.5) is 5.69 Å². The van der Waals surface area contributed by atoms with Gasteiger partial charge in [0, 0.05) is 43.2 Å². The number of benzene rings is 1. The molecule has 1 unspecified atom stereocenters. The van der Waals surface area contributed by atoms with Gasteiger partial charge < -0.3 is 9.64 Å². The third-order valence-corrected chi connectivity index (χ3v) is 9.10. The average Bonchev–Trinajstić information content (AvgIpc) is 3.45. The lowest BCUT2D eigenvalue weighted by atomic mass is 9.50. The molecule has 7 nitrogen and oxygen atoms in total. The number of halogens is 1. The molecule has 3 aromatic rings. The molecule has 0 amide bonds. The van der Waals surface area contributed by atoms with Crippen LogP contribution in [0.2, 0.25) is 5.02 Å². The van der Waals surface area contributed by atoms with Crippen molar-refractivity contribution < 1.29 is 4.74 Å². The van der Waals surface area contributed by atoms with Gasteiger partial charge in [-0.05, 0) is 57.6 Å². The van der Waals surface area contributed by atoms with Crippen molar-refractivity contribution in [3.05, 3.63) is 35.7 Å². The van der Waals surface area contributed by atoms with Crippen LogP contribution in [0.1, 0.15) is 39.5 Å². The Balaban J connectivity index is 1.18. The number of hydrogen-bond acceptors (Lipinski definition) is 5. The molecule has 2 saturated heterocycles. The molecule has 174 valence electrons. The predicted molar refractivity (Wildman–Crippen MR) is 129 cm³/mol. The zero-order valence-electron chi connectivity index (χ0n) is 19.4. The Labute approximate surface area is 199 Å². The van der Waals surface area contributed by atoms with E-state index in [0.29, 0.717) is 6.04 Å².